The van der Waals surface area contributed by atoms with Crippen LogP contribution in [-0.2, 0) is 11.2 Å². The van der Waals surface area contributed by atoms with Crippen LogP contribution in [0.3, 0.4) is 0 Å². The maximum Gasteiger partial charge on any atom is 0.320 e. The van der Waals surface area contributed by atoms with Crippen LogP contribution in [0, 0.1) is 12.8 Å². The van der Waals surface area contributed by atoms with Gasteiger partial charge in [-0.25, -0.2) is 0 Å². The van der Waals surface area contributed by atoms with Crippen LogP contribution in [0.15, 0.2) is 24.3 Å². The first-order chi connectivity index (χ1) is 8.49. The van der Waals surface area contributed by atoms with E-state index in [0.29, 0.717) is 18.9 Å². The van der Waals surface area contributed by atoms with Crippen molar-refractivity contribution in [3.63, 3.8) is 0 Å². The van der Waals surface area contributed by atoms with Crippen molar-refractivity contribution >= 4 is 5.97 Å². The first-order valence-corrected chi connectivity index (χ1v) is 6.50. The quantitative estimate of drug-likeness (QED) is 0.781. The molecular weight excluding hydrogens is 226 g/mol. The molecule has 0 bridgehead atoms. The lowest BCUT2D eigenvalue weighted by molar-refractivity contribution is -0.139. The van der Waals surface area contributed by atoms with Gasteiger partial charge in [-0.1, -0.05) is 43.7 Å². The lowest BCUT2D eigenvalue weighted by atomic mass is 10.0. The third kappa shape index (κ3) is 5.32. The van der Waals surface area contributed by atoms with Gasteiger partial charge in [0, 0.05) is 0 Å². The zero-order valence-corrected chi connectivity index (χ0v) is 11.4. The van der Waals surface area contributed by atoms with Crippen LogP contribution >= 0.6 is 0 Å². The van der Waals surface area contributed by atoms with Gasteiger partial charge in [-0.2, -0.15) is 0 Å². The summed E-state index contributed by atoms with van der Waals surface area (Å²) < 4.78 is 0. The van der Waals surface area contributed by atoms with E-state index in [1.807, 2.05) is 19.9 Å². The maximum atomic E-state index is 11.1. The molecule has 0 aromatic heterocycles. The average molecular weight is 249 g/mol. The molecule has 2 N–H and O–H groups in total. The van der Waals surface area contributed by atoms with Crippen molar-refractivity contribution in [1.29, 1.82) is 0 Å². The molecular formula is C15H23NO2. The van der Waals surface area contributed by atoms with Crippen LogP contribution in [0.5, 0.6) is 0 Å². The second-order valence-corrected chi connectivity index (χ2v) is 5.21. The van der Waals surface area contributed by atoms with Crippen molar-refractivity contribution in [2.75, 3.05) is 6.54 Å². The number of carbonyl (C=O) groups is 1. The number of nitrogens with one attached hydrogen (secondary N) is 1. The Morgan fingerprint density at radius 3 is 2.67 bits per heavy atom. The predicted molar refractivity (Wildman–Crippen MR) is 73.8 cm³/mol. The molecule has 1 rings (SSSR count). The molecule has 0 amide bonds. The Morgan fingerprint density at radius 2 is 2.11 bits per heavy atom. The molecule has 0 aliphatic carbocycles. The Balaban J connectivity index is 2.41. The SMILES string of the molecule is Cc1cccc(CCN[C@@H](CC(C)C)C(=O)O)c1. The Kier molecular flexibility index (Phi) is 5.86. The largest absolute Gasteiger partial charge is 0.480 e. The summed E-state index contributed by atoms with van der Waals surface area (Å²) in [6.45, 7) is 6.85. The summed E-state index contributed by atoms with van der Waals surface area (Å²) in [6, 6.07) is 7.88. The fourth-order valence-electron chi connectivity index (χ4n) is 2.00. The van der Waals surface area contributed by atoms with Gasteiger partial charge in [-0.15, -0.1) is 0 Å². The molecule has 1 aromatic rings. The zero-order chi connectivity index (χ0) is 13.5. The molecule has 100 valence electrons. The summed E-state index contributed by atoms with van der Waals surface area (Å²) in [6.07, 6.45) is 1.53. The van der Waals surface area contributed by atoms with Crippen molar-refractivity contribution in [3.05, 3.63) is 35.4 Å². The Hall–Kier alpha value is -1.35. The molecule has 3 heteroatoms. The average Bonchev–Trinajstić information content (AvgIpc) is 2.27. The molecule has 0 radical (unpaired) electrons. The summed E-state index contributed by atoms with van der Waals surface area (Å²) in [5.74, 6) is -0.370. The number of hydrogen-bond donors (Lipinski definition) is 2. The third-order valence-corrected chi connectivity index (χ3v) is 2.89. The van der Waals surface area contributed by atoms with Crippen molar-refractivity contribution in [2.45, 2.75) is 39.7 Å². The van der Waals surface area contributed by atoms with E-state index < -0.39 is 12.0 Å². The molecule has 0 unspecified atom stereocenters. The number of aliphatic carboxylic acids is 1. The Bertz CT molecular complexity index is 388. The minimum atomic E-state index is -0.757. The van der Waals surface area contributed by atoms with Gasteiger partial charge in [-0.3, -0.25) is 4.79 Å². The minimum Gasteiger partial charge on any atom is -0.480 e. The third-order valence-electron chi connectivity index (χ3n) is 2.89. The highest BCUT2D eigenvalue weighted by atomic mass is 16.4. The molecule has 0 aliphatic heterocycles. The molecule has 1 aromatic carbocycles. The second-order valence-electron chi connectivity index (χ2n) is 5.21. The van der Waals surface area contributed by atoms with Crippen LogP contribution < -0.4 is 5.32 Å². The first kappa shape index (κ1) is 14.7. The highest BCUT2D eigenvalue weighted by molar-refractivity contribution is 5.73. The number of benzene rings is 1. The monoisotopic (exact) mass is 249 g/mol. The molecule has 0 spiro atoms. The van der Waals surface area contributed by atoms with E-state index in [9.17, 15) is 4.79 Å². The Labute approximate surface area is 109 Å². The van der Waals surface area contributed by atoms with Crippen LogP contribution in [0.2, 0.25) is 0 Å². The highest BCUT2D eigenvalue weighted by Gasteiger charge is 2.17. The van der Waals surface area contributed by atoms with Crippen molar-refractivity contribution < 1.29 is 9.90 Å². The molecule has 0 saturated heterocycles. The topological polar surface area (TPSA) is 49.3 Å². The summed E-state index contributed by atoms with van der Waals surface area (Å²) in [5, 5.41) is 12.2. The predicted octanol–water partition coefficient (Wildman–Crippen LogP) is 2.63. The lowest BCUT2D eigenvalue weighted by Crippen LogP contribution is -2.38. The van der Waals surface area contributed by atoms with Crippen molar-refractivity contribution in [1.82, 2.24) is 5.32 Å². The second kappa shape index (κ2) is 7.17. The van der Waals surface area contributed by atoms with E-state index in [1.165, 1.54) is 11.1 Å². The lowest BCUT2D eigenvalue weighted by Gasteiger charge is -2.16. The normalized spacial score (nSPS) is 12.7. The van der Waals surface area contributed by atoms with E-state index in [2.05, 4.69) is 30.4 Å². The number of aryl methyl sites for hydroxylation is 1. The molecule has 0 heterocycles. The van der Waals surface area contributed by atoms with Gasteiger partial charge in [0.15, 0.2) is 0 Å². The Morgan fingerprint density at radius 1 is 1.39 bits per heavy atom. The molecule has 0 saturated carbocycles. The van der Waals surface area contributed by atoms with Crippen LogP contribution in [0.25, 0.3) is 0 Å². The van der Waals surface area contributed by atoms with Gasteiger partial charge in [0.2, 0.25) is 0 Å². The fourth-order valence-corrected chi connectivity index (χ4v) is 2.00. The number of carboxylic acids is 1. The summed E-state index contributed by atoms with van der Waals surface area (Å²) >= 11 is 0. The molecule has 18 heavy (non-hydrogen) atoms. The van der Waals surface area contributed by atoms with Crippen molar-refractivity contribution in [3.8, 4) is 0 Å². The van der Waals surface area contributed by atoms with Gasteiger partial charge < -0.3 is 10.4 Å². The number of rotatable bonds is 7. The van der Waals surface area contributed by atoms with Gasteiger partial charge >= 0.3 is 5.97 Å². The summed E-state index contributed by atoms with van der Waals surface area (Å²) in [7, 11) is 0. The molecule has 0 fully saturated rings. The van der Waals surface area contributed by atoms with E-state index in [-0.39, 0.29) is 0 Å². The highest BCUT2D eigenvalue weighted by Crippen LogP contribution is 2.07. The smallest absolute Gasteiger partial charge is 0.320 e. The van der Waals surface area contributed by atoms with E-state index >= 15 is 0 Å². The molecule has 0 aliphatic rings. The van der Waals surface area contributed by atoms with Gasteiger partial charge in [-0.05, 0) is 37.8 Å². The maximum absolute atomic E-state index is 11.1. The zero-order valence-electron chi connectivity index (χ0n) is 11.4. The minimum absolute atomic E-state index is 0.387. The number of hydrogen-bond acceptors (Lipinski definition) is 2. The van der Waals surface area contributed by atoms with E-state index in [4.69, 9.17) is 5.11 Å². The van der Waals surface area contributed by atoms with Crippen LogP contribution in [0.4, 0.5) is 0 Å². The summed E-state index contributed by atoms with van der Waals surface area (Å²) in [5.41, 5.74) is 2.49. The summed E-state index contributed by atoms with van der Waals surface area (Å²) in [4.78, 5) is 11.1. The van der Waals surface area contributed by atoms with Gasteiger partial charge in [0.05, 0.1) is 0 Å². The van der Waals surface area contributed by atoms with Crippen LogP contribution in [-0.4, -0.2) is 23.7 Å². The van der Waals surface area contributed by atoms with E-state index in [0.717, 1.165) is 6.42 Å². The van der Waals surface area contributed by atoms with Gasteiger partial charge in [0.1, 0.15) is 6.04 Å². The van der Waals surface area contributed by atoms with E-state index in [1.54, 1.807) is 0 Å². The molecule has 1 atom stereocenters. The number of carboxylic acid groups (broad SMARTS) is 1. The van der Waals surface area contributed by atoms with Gasteiger partial charge in [0.25, 0.3) is 0 Å². The molecule has 3 nitrogen and oxygen atoms in total. The first-order valence-electron chi connectivity index (χ1n) is 6.50. The fraction of sp³-hybridized carbons (Fsp3) is 0.533. The van der Waals surface area contributed by atoms with Crippen LogP contribution in [0.1, 0.15) is 31.4 Å². The van der Waals surface area contributed by atoms with Crippen molar-refractivity contribution in [2.24, 2.45) is 5.92 Å². The standard InChI is InChI=1S/C15H23NO2/c1-11(2)9-14(15(17)18)16-8-7-13-6-4-5-12(3)10-13/h4-6,10-11,14,16H,7-9H2,1-3H3,(H,17,18)/t14-/m0/s1.